The number of benzene rings is 1. The number of esters is 1. The Morgan fingerprint density at radius 3 is 2.64 bits per heavy atom. The fraction of sp³-hybridized carbons (Fsp3) is 0.400. The lowest BCUT2D eigenvalue weighted by Crippen LogP contribution is -3.14. The minimum atomic E-state index is -0.417. The SMILES string of the molecule is COC(=O)c1c(NC(=O)COc2ccc(Cl)cc2)sc2c1CC[NH+](C(C)C)C2. The van der Waals surface area contributed by atoms with Crippen LogP contribution in [0.1, 0.15) is 34.6 Å². The molecule has 0 saturated heterocycles. The number of rotatable bonds is 6. The molecule has 0 bridgehead atoms. The van der Waals surface area contributed by atoms with Crippen LogP contribution in [0, 0.1) is 0 Å². The van der Waals surface area contributed by atoms with Gasteiger partial charge in [0.25, 0.3) is 5.91 Å². The molecule has 3 rings (SSSR count). The first-order valence-electron chi connectivity index (χ1n) is 9.14. The lowest BCUT2D eigenvalue weighted by molar-refractivity contribution is -0.936. The van der Waals surface area contributed by atoms with Crippen LogP contribution in [0.3, 0.4) is 0 Å². The zero-order chi connectivity index (χ0) is 20.3. The Bertz CT molecular complexity index is 864. The van der Waals surface area contributed by atoms with Gasteiger partial charge in [-0.25, -0.2) is 4.79 Å². The molecule has 0 radical (unpaired) electrons. The van der Waals surface area contributed by atoms with Gasteiger partial charge in [0.2, 0.25) is 0 Å². The minimum Gasteiger partial charge on any atom is -0.484 e. The molecule has 1 aliphatic rings. The molecule has 1 amide bonds. The van der Waals surface area contributed by atoms with Gasteiger partial charge >= 0.3 is 5.97 Å². The number of carbonyl (C=O) groups is 2. The van der Waals surface area contributed by atoms with E-state index in [0.717, 1.165) is 30.0 Å². The van der Waals surface area contributed by atoms with Gasteiger partial charge in [0, 0.05) is 11.4 Å². The zero-order valence-corrected chi connectivity index (χ0v) is 17.7. The van der Waals surface area contributed by atoms with Crippen LogP contribution >= 0.6 is 22.9 Å². The average Bonchev–Trinajstić information content (AvgIpc) is 3.03. The summed E-state index contributed by atoms with van der Waals surface area (Å²) in [5, 5.41) is 3.96. The van der Waals surface area contributed by atoms with E-state index in [0.29, 0.717) is 27.4 Å². The lowest BCUT2D eigenvalue weighted by Gasteiger charge is -2.27. The highest BCUT2D eigenvalue weighted by molar-refractivity contribution is 7.17. The van der Waals surface area contributed by atoms with Crippen LogP contribution < -0.4 is 15.0 Å². The smallest absolute Gasteiger partial charge is 0.341 e. The molecule has 0 aliphatic carbocycles. The largest absolute Gasteiger partial charge is 0.484 e. The van der Waals surface area contributed by atoms with Crippen molar-refractivity contribution in [2.24, 2.45) is 0 Å². The van der Waals surface area contributed by atoms with Crippen LogP contribution in [-0.2, 0) is 22.5 Å². The van der Waals surface area contributed by atoms with Gasteiger partial charge in [0.05, 0.1) is 30.1 Å². The first-order chi connectivity index (χ1) is 13.4. The molecule has 2 aromatic rings. The highest BCUT2D eigenvalue weighted by atomic mass is 35.5. The number of halogens is 1. The molecule has 1 atom stereocenters. The van der Waals surface area contributed by atoms with E-state index in [9.17, 15) is 9.59 Å². The maximum absolute atomic E-state index is 12.4. The Kier molecular flexibility index (Phi) is 6.59. The summed E-state index contributed by atoms with van der Waals surface area (Å²) in [6.45, 7) is 6.02. The maximum Gasteiger partial charge on any atom is 0.341 e. The Labute approximate surface area is 173 Å². The van der Waals surface area contributed by atoms with Crippen LogP contribution in [0.15, 0.2) is 24.3 Å². The molecule has 1 unspecified atom stereocenters. The van der Waals surface area contributed by atoms with E-state index < -0.39 is 5.97 Å². The highest BCUT2D eigenvalue weighted by Gasteiger charge is 2.31. The fourth-order valence-corrected chi connectivity index (χ4v) is 4.67. The second kappa shape index (κ2) is 8.94. The molecule has 2 N–H and O–H groups in total. The van der Waals surface area contributed by atoms with Crippen molar-refractivity contribution in [1.82, 2.24) is 0 Å². The summed E-state index contributed by atoms with van der Waals surface area (Å²) < 4.78 is 10.4. The number of hydrogen-bond donors (Lipinski definition) is 2. The number of anilines is 1. The van der Waals surface area contributed by atoms with Gasteiger partial charge in [-0.3, -0.25) is 4.79 Å². The summed E-state index contributed by atoms with van der Waals surface area (Å²) >= 11 is 7.30. The number of thiophene rings is 1. The second-order valence-electron chi connectivity index (χ2n) is 6.98. The molecule has 8 heteroatoms. The van der Waals surface area contributed by atoms with E-state index in [1.165, 1.54) is 23.3 Å². The van der Waals surface area contributed by atoms with E-state index >= 15 is 0 Å². The van der Waals surface area contributed by atoms with Gasteiger partial charge in [0.1, 0.15) is 17.3 Å². The van der Waals surface area contributed by atoms with Crippen molar-refractivity contribution in [3.05, 3.63) is 45.3 Å². The molecule has 0 saturated carbocycles. The number of quaternary nitrogens is 1. The Hall–Kier alpha value is -2.09. The van der Waals surface area contributed by atoms with E-state index in [1.807, 2.05) is 0 Å². The van der Waals surface area contributed by atoms with Crippen LogP contribution in [0.4, 0.5) is 5.00 Å². The van der Waals surface area contributed by atoms with Crippen molar-refractivity contribution in [2.45, 2.75) is 32.9 Å². The van der Waals surface area contributed by atoms with E-state index in [-0.39, 0.29) is 12.5 Å². The van der Waals surface area contributed by atoms with Crippen LogP contribution in [-0.4, -0.2) is 38.2 Å². The molecule has 1 aromatic heterocycles. The Morgan fingerprint density at radius 1 is 1.29 bits per heavy atom. The van der Waals surface area contributed by atoms with Gasteiger partial charge in [-0.1, -0.05) is 11.6 Å². The predicted molar refractivity (Wildman–Crippen MR) is 110 cm³/mol. The number of methoxy groups -OCH3 is 1. The monoisotopic (exact) mass is 423 g/mol. The number of carbonyl (C=O) groups excluding carboxylic acids is 2. The number of hydrogen-bond acceptors (Lipinski definition) is 5. The summed E-state index contributed by atoms with van der Waals surface area (Å²) in [7, 11) is 1.36. The molecule has 1 aliphatic heterocycles. The molecule has 2 heterocycles. The van der Waals surface area contributed by atoms with Crippen molar-refractivity contribution in [3.8, 4) is 5.75 Å². The number of fused-ring (bicyclic) bond motifs is 1. The summed E-state index contributed by atoms with van der Waals surface area (Å²) in [6.07, 6.45) is 0.793. The third-order valence-electron chi connectivity index (χ3n) is 4.82. The van der Waals surface area contributed by atoms with E-state index in [1.54, 1.807) is 24.3 Å². The van der Waals surface area contributed by atoms with Crippen molar-refractivity contribution in [3.63, 3.8) is 0 Å². The topological polar surface area (TPSA) is 69.1 Å². The Morgan fingerprint density at radius 2 is 2.00 bits per heavy atom. The number of amides is 1. The molecule has 6 nitrogen and oxygen atoms in total. The second-order valence-corrected chi connectivity index (χ2v) is 8.52. The molecular weight excluding hydrogens is 400 g/mol. The van der Waals surface area contributed by atoms with Gasteiger partial charge in [-0.15, -0.1) is 11.3 Å². The fourth-order valence-electron chi connectivity index (χ4n) is 3.24. The average molecular weight is 424 g/mol. The normalized spacial score (nSPS) is 15.8. The highest BCUT2D eigenvalue weighted by Crippen LogP contribution is 2.35. The predicted octanol–water partition coefficient (Wildman–Crippen LogP) is 2.56. The van der Waals surface area contributed by atoms with Crippen LogP contribution in [0.25, 0.3) is 0 Å². The Balaban J connectivity index is 1.74. The summed E-state index contributed by atoms with van der Waals surface area (Å²) in [5.41, 5.74) is 1.47. The van der Waals surface area contributed by atoms with Crippen molar-refractivity contribution in [1.29, 1.82) is 0 Å². The molecule has 1 aromatic carbocycles. The lowest BCUT2D eigenvalue weighted by atomic mass is 10.0. The molecule has 0 fully saturated rings. The standard InChI is InChI=1S/C20H23ClN2O4S/c1-12(2)23-9-8-15-16(10-23)28-19(18(15)20(25)26-3)22-17(24)11-27-14-6-4-13(21)5-7-14/h4-7,12H,8-11H2,1-3H3,(H,22,24)/p+1. The van der Waals surface area contributed by atoms with Crippen LogP contribution in [0.2, 0.25) is 5.02 Å². The summed E-state index contributed by atoms with van der Waals surface area (Å²) in [4.78, 5) is 27.3. The zero-order valence-electron chi connectivity index (χ0n) is 16.1. The maximum atomic E-state index is 12.4. The van der Waals surface area contributed by atoms with Crippen molar-refractivity contribution >= 4 is 39.8 Å². The minimum absolute atomic E-state index is 0.159. The first kappa shape index (κ1) is 20.6. The quantitative estimate of drug-likeness (QED) is 0.700. The van der Waals surface area contributed by atoms with Gasteiger partial charge in [0.15, 0.2) is 6.61 Å². The first-order valence-corrected chi connectivity index (χ1v) is 10.3. The number of ether oxygens (including phenoxy) is 2. The summed E-state index contributed by atoms with van der Waals surface area (Å²) in [5.74, 6) is -0.194. The van der Waals surface area contributed by atoms with E-state index in [4.69, 9.17) is 21.1 Å². The van der Waals surface area contributed by atoms with Crippen molar-refractivity contribution in [2.75, 3.05) is 25.6 Å². The third kappa shape index (κ3) is 4.66. The van der Waals surface area contributed by atoms with Gasteiger partial charge < -0.3 is 19.7 Å². The van der Waals surface area contributed by atoms with Crippen molar-refractivity contribution < 1.29 is 24.0 Å². The summed E-state index contributed by atoms with van der Waals surface area (Å²) in [6, 6.07) is 7.29. The number of nitrogens with one attached hydrogen (secondary N) is 2. The van der Waals surface area contributed by atoms with Gasteiger partial charge in [-0.2, -0.15) is 0 Å². The molecule has 150 valence electrons. The molecule has 0 spiro atoms. The third-order valence-corrected chi connectivity index (χ3v) is 6.22. The van der Waals surface area contributed by atoms with E-state index in [2.05, 4.69) is 19.2 Å². The molecular formula is C20H24ClN2O4S+. The molecule has 28 heavy (non-hydrogen) atoms. The van der Waals surface area contributed by atoms with Gasteiger partial charge in [-0.05, 0) is 43.7 Å². The van der Waals surface area contributed by atoms with Crippen LogP contribution in [0.5, 0.6) is 5.75 Å².